The van der Waals surface area contributed by atoms with Crippen molar-refractivity contribution in [1.29, 1.82) is 0 Å². The molecule has 1 unspecified atom stereocenters. The van der Waals surface area contributed by atoms with Crippen LogP contribution in [-0.4, -0.2) is 11.7 Å². The highest BCUT2D eigenvalue weighted by atomic mass is 35.5. The zero-order valence-electron chi connectivity index (χ0n) is 10.2. The van der Waals surface area contributed by atoms with Gasteiger partial charge in [0.2, 0.25) is 0 Å². The maximum atomic E-state index is 12.0. The van der Waals surface area contributed by atoms with Gasteiger partial charge in [0, 0.05) is 15.8 Å². The molecule has 0 bridgehead atoms. The van der Waals surface area contributed by atoms with Crippen molar-refractivity contribution in [3.63, 3.8) is 0 Å². The summed E-state index contributed by atoms with van der Waals surface area (Å²) in [7, 11) is 0. The second-order valence-corrected chi connectivity index (χ2v) is 5.15. The number of hydrogen-bond acceptors (Lipinski definition) is 4. The summed E-state index contributed by atoms with van der Waals surface area (Å²) in [5.41, 5.74) is 0.0386. The van der Waals surface area contributed by atoms with Gasteiger partial charge in [0.05, 0.1) is 5.39 Å². The van der Waals surface area contributed by atoms with Gasteiger partial charge in [0.25, 0.3) is 0 Å². The van der Waals surface area contributed by atoms with E-state index >= 15 is 0 Å². The number of fused-ring (bicyclic) bond motifs is 5. The van der Waals surface area contributed by atoms with Crippen LogP contribution in [0.5, 0.6) is 5.75 Å². The number of benzene rings is 2. The standard InChI is InChI=1S/C15H9ClO4/c16-10-5-9-13(8-4-2-1-3-7(8)10)20-15(18)12-11(17)6-19-14(9)12/h1-5,11,17H,6H2. The third-order valence-corrected chi connectivity index (χ3v) is 3.88. The zero-order chi connectivity index (χ0) is 13.9. The van der Waals surface area contributed by atoms with Crippen LogP contribution >= 0.6 is 11.6 Å². The second-order valence-electron chi connectivity index (χ2n) is 4.74. The van der Waals surface area contributed by atoms with E-state index in [9.17, 15) is 9.90 Å². The van der Waals surface area contributed by atoms with Gasteiger partial charge in [0.15, 0.2) is 0 Å². The molecule has 0 saturated heterocycles. The summed E-state index contributed by atoms with van der Waals surface area (Å²) in [5, 5.41) is 12.5. The molecule has 0 radical (unpaired) electrons. The highest BCUT2D eigenvalue weighted by Crippen LogP contribution is 2.40. The average Bonchev–Trinajstić information content (AvgIpc) is 2.84. The molecular formula is C15H9ClO4. The smallest absolute Gasteiger partial charge is 0.346 e. The molecule has 1 atom stereocenters. The van der Waals surface area contributed by atoms with Gasteiger partial charge >= 0.3 is 5.63 Å². The largest absolute Gasteiger partial charge is 0.489 e. The molecule has 0 amide bonds. The van der Waals surface area contributed by atoms with Gasteiger partial charge in [-0.3, -0.25) is 0 Å². The summed E-state index contributed by atoms with van der Waals surface area (Å²) in [6, 6.07) is 9.12. The predicted molar refractivity (Wildman–Crippen MR) is 75.5 cm³/mol. The Balaban J connectivity index is 2.27. The van der Waals surface area contributed by atoms with Gasteiger partial charge in [-0.25, -0.2) is 4.79 Å². The van der Waals surface area contributed by atoms with E-state index in [2.05, 4.69) is 0 Å². The Morgan fingerprint density at radius 2 is 1.95 bits per heavy atom. The molecule has 5 heteroatoms. The summed E-state index contributed by atoms with van der Waals surface area (Å²) in [5.74, 6) is 0.372. The van der Waals surface area contributed by atoms with Crippen LogP contribution in [0, 0.1) is 0 Å². The highest BCUT2D eigenvalue weighted by Gasteiger charge is 2.30. The number of aliphatic hydroxyl groups is 1. The molecule has 20 heavy (non-hydrogen) atoms. The zero-order valence-corrected chi connectivity index (χ0v) is 11.0. The van der Waals surface area contributed by atoms with Crippen LogP contribution in [0.2, 0.25) is 5.02 Å². The molecule has 1 N–H and O–H groups in total. The number of halogens is 1. The summed E-state index contributed by atoms with van der Waals surface area (Å²) >= 11 is 6.28. The fraction of sp³-hybridized carbons (Fsp3) is 0.133. The number of rotatable bonds is 0. The molecule has 0 saturated carbocycles. The van der Waals surface area contributed by atoms with Crippen LogP contribution in [0.3, 0.4) is 0 Å². The van der Waals surface area contributed by atoms with Crippen molar-refractivity contribution in [2.75, 3.05) is 6.61 Å². The summed E-state index contributed by atoms with van der Waals surface area (Å²) in [6.45, 7) is 0.0592. The van der Waals surface area contributed by atoms with Gasteiger partial charge in [0.1, 0.15) is 29.6 Å². The van der Waals surface area contributed by atoms with Crippen LogP contribution in [-0.2, 0) is 0 Å². The summed E-state index contributed by atoms with van der Waals surface area (Å²) in [4.78, 5) is 12.0. The molecule has 1 aliphatic heterocycles. The first-order chi connectivity index (χ1) is 9.66. The molecular weight excluding hydrogens is 280 g/mol. The van der Waals surface area contributed by atoms with Crippen molar-refractivity contribution < 1.29 is 14.3 Å². The first-order valence-electron chi connectivity index (χ1n) is 6.15. The lowest BCUT2D eigenvalue weighted by Gasteiger charge is -2.08. The van der Waals surface area contributed by atoms with E-state index in [1.165, 1.54) is 0 Å². The van der Waals surface area contributed by atoms with Gasteiger partial charge in [-0.05, 0) is 6.07 Å². The Morgan fingerprint density at radius 3 is 2.75 bits per heavy atom. The third kappa shape index (κ3) is 1.43. The van der Waals surface area contributed by atoms with Crippen molar-refractivity contribution in [2.45, 2.75) is 6.10 Å². The van der Waals surface area contributed by atoms with Crippen molar-refractivity contribution in [3.05, 3.63) is 51.3 Å². The normalized spacial score (nSPS) is 17.4. The minimum Gasteiger partial charge on any atom is -0.489 e. The molecule has 0 spiro atoms. The predicted octanol–water partition coefficient (Wildman–Crippen LogP) is 3.03. The maximum absolute atomic E-state index is 12.0. The molecule has 1 aromatic heterocycles. The van der Waals surface area contributed by atoms with Gasteiger partial charge < -0.3 is 14.3 Å². The Morgan fingerprint density at radius 1 is 1.20 bits per heavy atom. The lowest BCUT2D eigenvalue weighted by molar-refractivity contribution is 0.139. The minimum atomic E-state index is -0.948. The van der Waals surface area contributed by atoms with Crippen LogP contribution in [0.4, 0.5) is 0 Å². The van der Waals surface area contributed by atoms with Gasteiger partial charge in [-0.15, -0.1) is 0 Å². The molecule has 2 heterocycles. The van der Waals surface area contributed by atoms with E-state index in [0.29, 0.717) is 21.7 Å². The van der Waals surface area contributed by atoms with E-state index in [1.54, 1.807) is 6.07 Å². The molecule has 2 aromatic carbocycles. The number of ether oxygens (including phenoxy) is 1. The number of aliphatic hydroxyl groups excluding tert-OH is 1. The van der Waals surface area contributed by atoms with Gasteiger partial charge in [-0.1, -0.05) is 35.9 Å². The number of hydrogen-bond donors (Lipinski definition) is 1. The molecule has 3 aromatic rings. The fourth-order valence-electron chi connectivity index (χ4n) is 2.66. The van der Waals surface area contributed by atoms with Crippen molar-refractivity contribution in [1.82, 2.24) is 0 Å². The van der Waals surface area contributed by atoms with E-state index in [0.717, 1.165) is 10.8 Å². The fourth-order valence-corrected chi connectivity index (χ4v) is 2.93. The molecule has 4 nitrogen and oxygen atoms in total. The quantitative estimate of drug-likeness (QED) is 0.510. The van der Waals surface area contributed by atoms with E-state index in [4.69, 9.17) is 20.8 Å². The SMILES string of the molecule is O=c1oc2c(cc(Cl)c3ccccc32)c2c1C(O)CO2. The molecule has 4 rings (SSSR count). The van der Waals surface area contributed by atoms with Crippen LogP contribution in [0.25, 0.3) is 21.7 Å². The van der Waals surface area contributed by atoms with E-state index < -0.39 is 11.7 Å². The monoisotopic (exact) mass is 288 g/mol. The third-order valence-electron chi connectivity index (χ3n) is 3.57. The average molecular weight is 289 g/mol. The molecule has 0 aliphatic carbocycles. The summed E-state index contributed by atoms with van der Waals surface area (Å²) < 4.78 is 10.8. The Bertz CT molecular complexity index is 913. The molecule has 1 aliphatic rings. The first kappa shape index (κ1) is 11.8. The minimum absolute atomic E-state index is 0.0592. The van der Waals surface area contributed by atoms with Gasteiger partial charge in [-0.2, -0.15) is 0 Å². The lowest BCUT2D eigenvalue weighted by atomic mass is 10.0. The molecule has 0 fully saturated rings. The Kier molecular flexibility index (Phi) is 2.34. The topological polar surface area (TPSA) is 59.7 Å². The Hall–Kier alpha value is -2.04. The highest BCUT2D eigenvalue weighted by molar-refractivity contribution is 6.37. The second kappa shape index (κ2) is 3.98. The van der Waals surface area contributed by atoms with E-state index in [-0.39, 0.29) is 12.2 Å². The van der Waals surface area contributed by atoms with Crippen LogP contribution in [0.15, 0.2) is 39.5 Å². The van der Waals surface area contributed by atoms with Crippen LogP contribution in [0.1, 0.15) is 11.7 Å². The van der Waals surface area contributed by atoms with Crippen molar-refractivity contribution >= 4 is 33.3 Å². The summed E-state index contributed by atoms with van der Waals surface area (Å²) in [6.07, 6.45) is -0.948. The lowest BCUT2D eigenvalue weighted by Crippen LogP contribution is -2.09. The van der Waals surface area contributed by atoms with Crippen molar-refractivity contribution in [2.24, 2.45) is 0 Å². The first-order valence-corrected chi connectivity index (χ1v) is 6.53. The molecule has 100 valence electrons. The maximum Gasteiger partial charge on any atom is 0.346 e. The van der Waals surface area contributed by atoms with Crippen LogP contribution < -0.4 is 10.4 Å². The Labute approximate surface area is 118 Å². The van der Waals surface area contributed by atoms with E-state index in [1.807, 2.05) is 24.3 Å². The van der Waals surface area contributed by atoms with Crippen molar-refractivity contribution in [3.8, 4) is 5.75 Å².